The first-order chi connectivity index (χ1) is 15.3. The predicted molar refractivity (Wildman–Crippen MR) is 128 cm³/mol. The van der Waals surface area contributed by atoms with Crippen LogP contribution >= 0.6 is 0 Å². The van der Waals surface area contributed by atoms with E-state index in [9.17, 15) is 19.8 Å². The van der Waals surface area contributed by atoms with Crippen molar-refractivity contribution in [1.82, 2.24) is 0 Å². The lowest BCUT2D eigenvalue weighted by Gasteiger charge is -2.16. The van der Waals surface area contributed by atoms with E-state index in [0.717, 1.165) is 51.4 Å². The summed E-state index contributed by atoms with van der Waals surface area (Å²) in [6.45, 7) is 8.35. The molecule has 6 heteroatoms. The fraction of sp³-hybridized carbons (Fsp3) is 0.538. The third kappa shape index (κ3) is 10.0. The van der Waals surface area contributed by atoms with E-state index >= 15 is 0 Å². The Hall–Kier alpha value is -2.76. The predicted octanol–water partition coefficient (Wildman–Crippen LogP) is 6.58. The fourth-order valence-corrected chi connectivity index (χ4v) is 3.08. The molecule has 0 radical (unpaired) electrons. The summed E-state index contributed by atoms with van der Waals surface area (Å²) in [6, 6.07) is 3.49. The molecular formula is C26H38O6. The molecule has 0 heterocycles. The zero-order valence-electron chi connectivity index (χ0n) is 19.9. The molecular weight excluding hydrogens is 408 g/mol. The first-order valence-electron chi connectivity index (χ1n) is 11.6. The summed E-state index contributed by atoms with van der Waals surface area (Å²) in [5, 5.41) is 18.6. The van der Waals surface area contributed by atoms with Gasteiger partial charge >= 0.3 is 11.9 Å². The van der Waals surface area contributed by atoms with E-state index < -0.39 is 11.9 Å². The van der Waals surface area contributed by atoms with Gasteiger partial charge in [-0.15, -0.1) is 0 Å². The number of hydrogen-bond donors (Lipinski definition) is 2. The van der Waals surface area contributed by atoms with E-state index in [1.165, 1.54) is 13.8 Å². The first kappa shape index (κ1) is 27.3. The maximum atomic E-state index is 11.4. The zero-order chi connectivity index (χ0) is 23.9. The Bertz CT molecular complexity index is 739. The third-order valence-electron chi connectivity index (χ3n) is 5.07. The van der Waals surface area contributed by atoms with Crippen LogP contribution in [0.2, 0.25) is 0 Å². The first-order valence-corrected chi connectivity index (χ1v) is 11.6. The van der Waals surface area contributed by atoms with Crippen LogP contribution in [0.25, 0.3) is 12.2 Å². The molecule has 1 rings (SSSR count). The van der Waals surface area contributed by atoms with Crippen molar-refractivity contribution in [2.45, 2.75) is 79.1 Å². The Balaban J connectivity index is 3.30. The maximum Gasteiger partial charge on any atom is 0.331 e. The van der Waals surface area contributed by atoms with E-state index in [0.29, 0.717) is 35.8 Å². The normalized spacial score (nSPS) is 12.0. The highest BCUT2D eigenvalue weighted by atomic mass is 16.5. The second-order valence-corrected chi connectivity index (χ2v) is 8.01. The van der Waals surface area contributed by atoms with Gasteiger partial charge in [-0.2, -0.15) is 0 Å². The largest absolute Gasteiger partial charge is 0.493 e. The minimum absolute atomic E-state index is 0.180. The van der Waals surface area contributed by atoms with Gasteiger partial charge in [0.2, 0.25) is 0 Å². The molecule has 0 atom stereocenters. The number of aliphatic carboxylic acids is 2. The number of carboxylic acids is 2. The Morgan fingerprint density at radius 3 is 1.41 bits per heavy atom. The monoisotopic (exact) mass is 446 g/mol. The quantitative estimate of drug-likeness (QED) is 0.220. The molecule has 1 aromatic carbocycles. The van der Waals surface area contributed by atoms with Crippen molar-refractivity contribution < 1.29 is 29.3 Å². The SMILES string of the molecule is CCCCCCOc1cc(/C=C(\C)C(=O)O)c(OCCCCCC)cc1/C=C(\C)C(=O)O. The molecule has 6 nitrogen and oxygen atoms in total. The van der Waals surface area contributed by atoms with Crippen LogP contribution in [0.1, 0.15) is 90.2 Å². The van der Waals surface area contributed by atoms with Crippen molar-refractivity contribution in [2.75, 3.05) is 13.2 Å². The second-order valence-electron chi connectivity index (χ2n) is 8.01. The van der Waals surface area contributed by atoms with E-state index in [4.69, 9.17) is 9.47 Å². The molecule has 0 aliphatic carbocycles. The molecule has 32 heavy (non-hydrogen) atoms. The number of benzene rings is 1. The topological polar surface area (TPSA) is 93.1 Å². The van der Waals surface area contributed by atoms with E-state index in [-0.39, 0.29) is 11.1 Å². The van der Waals surface area contributed by atoms with Gasteiger partial charge in [-0.25, -0.2) is 9.59 Å². The summed E-state index contributed by atoms with van der Waals surface area (Å²) in [6.07, 6.45) is 11.5. The van der Waals surface area contributed by atoms with Gasteiger partial charge in [-0.1, -0.05) is 52.4 Å². The molecule has 0 spiro atoms. The van der Waals surface area contributed by atoms with Crippen molar-refractivity contribution in [2.24, 2.45) is 0 Å². The lowest BCUT2D eigenvalue weighted by atomic mass is 10.0. The second kappa shape index (κ2) is 15.1. The third-order valence-corrected chi connectivity index (χ3v) is 5.07. The fourth-order valence-electron chi connectivity index (χ4n) is 3.08. The number of carboxylic acid groups (broad SMARTS) is 2. The summed E-state index contributed by atoms with van der Waals surface area (Å²) in [5.41, 5.74) is 1.57. The van der Waals surface area contributed by atoms with Crippen LogP contribution in [0.4, 0.5) is 0 Å². The Morgan fingerprint density at radius 1 is 0.719 bits per heavy atom. The van der Waals surface area contributed by atoms with Crippen molar-refractivity contribution >= 4 is 24.1 Å². The number of ether oxygens (including phenoxy) is 2. The molecule has 0 saturated carbocycles. The summed E-state index contributed by atoms with van der Waals surface area (Å²) < 4.78 is 12.0. The number of carbonyl (C=O) groups is 2. The smallest absolute Gasteiger partial charge is 0.331 e. The molecule has 0 fully saturated rings. The standard InChI is InChI=1S/C26H38O6/c1-5-7-9-11-13-31-23-17-22(16-20(4)26(29)30)24(32-14-12-10-8-6-2)18-21(23)15-19(3)25(27)28/h15-18H,5-14H2,1-4H3,(H,27,28)(H,29,30)/b19-15+,20-16+. The van der Waals surface area contributed by atoms with Gasteiger partial charge in [-0.3, -0.25) is 0 Å². The highest BCUT2D eigenvalue weighted by Crippen LogP contribution is 2.33. The molecule has 2 N–H and O–H groups in total. The van der Waals surface area contributed by atoms with E-state index in [1.54, 1.807) is 24.3 Å². The summed E-state index contributed by atoms with van der Waals surface area (Å²) in [4.78, 5) is 22.8. The Kier molecular flexibility index (Phi) is 12.9. The molecule has 0 unspecified atom stereocenters. The Labute approximate surface area is 191 Å². The molecule has 178 valence electrons. The van der Waals surface area contributed by atoms with Crippen LogP contribution in [-0.2, 0) is 9.59 Å². The zero-order valence-corrected chi connectivity index (χ0v) is 19.9. The van der Waals surface area contributed by atoms with Gasteiger partial charge in [0.05, 0.1) is 13.2 Å². The highest BCUT2D eigenvalue weighted by Gasteiger charge is 2.13. The lowest BCUT2D eigenvalue weighted by Crippen LogP contribution is -2.04. The van der Waals surface area contributed by atoms with Crippen molar-refractivity contribution in [1.29, 1.82) is 0 Å². The minimum atomic E-state index is -1.01. The molecule has 1 aromatic rings. The number of rotatable bonds is 16. The van der Waals surface area contributed by atoms with Crippen LogP contribution in [0.15, 0.2) is 23.3 Å². The van der Waals surface area contributed by atoms with Crippen molar-refractivity contribution in [3.05, 3.63) is 34.4 Å². The van der Waals surface area contributed by atoms with Crippen molar-refractivity contribution in [3.63, 3.8) is 0 Å². The summed E-state index contributed by atoms with van der Waals surface area (Å²) in [7, 11) is 0. The van der Waals surface area contributed by atoms with Gasteiger partial charge < -0.3 is 19.7 Å². The average Bonchev–Trinajstić information content (AvgIpc) is 2.75. The number of hydrogen-bond acceptors (Lipinski definition) is 4. The van der Waals surface area contributed by atoms with Crippen LogP contribution in [0.5, 0.6) is 11.5 Å². The lowest BCUT2D eigenvalue weighted by molar-refractivity contribution is -0.133. The van der Waals surface area contributed by atoms with Gasteiger partial charge in [-0.05, 0) is 51.0 Å². The van der Waals surface area contributed by atoms with E-state index in [2.05, 4.69) is 13.8 Å². The minimum Gasteiger partial charge on any atom is -0.493 e. The van der Waals surface area contributed by atoms with Gasteiger partial charge in [0.15, 0.2) is 0 Å². The van der Waals surface area contributed by atoms with Gasteiger partial charge in [0.1, 0.15) is 11.5 Å². The average molecular weight is 447 g/mol. The molecule has 0 saturated heterocycles. The molecule has 0 aliphatic heterocycles. The molecule has 0 bridgehead atoms. The molecule has 0 aromatic heterocycles. The maximum absolute atomic E-state index is 11.4. The van der Waals surface area contributed by atoms with E-state index in [1.807, 2.05) is 0 Å². The number of unbranched alkanes of at least 4 members (excludes halogenated alkanes) is 6. The van der Waals surface area contributed by atoms with Gasteiger partial charge in [0.25, 0.3) is 0 Å². The molecule has 0 amide bonds. The van der Waals surface area contributed by atoms with Crippen molar-refractivity contribution in [3.8, 4) is 11.5 Å². The highest BCUT2D eigenvalue weighted by molar-refractivity contribution is 5.93. The summed E-state index contributed by atoms with van der Waals surface area (Å²) in [5.74, 6) is -0.979. The van der Waals surface area contributed by atoms with Gasteiger partial charge in [0, 0.05) is 22.3 Å². The van der Waals surface area contributed by atoms with Crippen LogP contribution in [-0.4, -0.2) is 35.4 Å². The van der Waals surface area contributed by atoms with Crippen LogP contribution in [0, 0.1) is 0 Å². The van der Waals surface area contributed by atoms with Crippen LogP contribution in [0.3, 0.4) is 0 Å². The Morgan fingerprint density at radius 2 is 1.09 bits per heavy atom. The molecule has 0 aliphatic rings. The summed E-state index contributed by atoms with van der Waals surface area (Å²) >= 11 is 0. The van der Waals surface area contributed by atoms with Crippen LogP contribution < -0.4 is 9.47 Å².